The van der Waals surface area contributed by atoms with E-state index in [-0.39, 0.29) is 6.54 Å². The molecule has 36 heavy (non-hydrogen) atoms. The van der Waals surface area contributed by atoms with Crippen LogP contribution in [0.2, 0.25) is 0 Å². The van der Waals surface area contributed by atoms with Crippen molar-refractivity contribution < 1.29 is 23.1 Å². The maximum atomic E-state index is 12.9. The fraction of sp³-hybridized carbons (Fsp3) is 0.138. The van der Waals surface area contributed by atoms with E-state index in [1.807, 2.05) is 91.0 Å². The summed E-state index contributed by atoms with van der Waals surface area (Å²) >= 11 is 0. The highest BCUT2D eigenvalue weighted by Gasteiger charge is 2.13. The quantitative estimate of drug-likeness (QED) is 0.274. The Morgan fingerprint density at radius 2 is 1.42 bits per heavy atom. The van der Waals surface area contributed by atoms with Gasteiger partial charge in [0.05, 0.1) is 5.41 Å². The van der Waals surface area contributed by atoms with Crippen molar-refractivity contribution in [3.05, 3.63) is 119 Å². The lowest BCUT2D eigenvalue weighted by molar-refractivity contribution is -0.139. The summed E-state index contributed by atoms with van der Waals surface area (Å²) in [6.45, 7) is -0.131. The molecule has 0 saturated heterocycles. The lowest BCUT2D eigenvalue weighted by atomic mass is 10.00. The number of carbonyl (C=O) groups is 1. The number of hydrogen-bond donors (Lipinski definition) is 2. The minimum absolute atomic E-state index is 0.279. The van der Waals surface area contributed by atoms with Crippen LogP contribution in [0.1, 0.15) is 23.1 Å². The molecule has 0 fully saturated rings. The molecule has 6 nitrogen and oxygen atoms in total. The summed E-state index contributed by atoms with van der Waals surface area (Å²) < 4.78 is 34.0. The topological polar surface area (TPSA) is 92.7 Å². The first-order valence-electron chi connectivity index (χ1n) is 11.6. The molecule has 0 saturated carbocycles. The monoisotopic (exact) mass is 501 g/mol. The summed E-state index contributed by atoms with van der Waals surface area (Å²) in [6.07, 6.45) is 1.24. The van der Waals surface area contributed by atoms with Crippen LogP contribution >= 0.6 is 0 Å². The Bertz CT molecular complexity index is 1420. The summed E-state index contributed by atoms with van der Waals surface area (Å²) in [5, 5.41) is 12.0. The Balaban J connectivity index is 1.46. The maximum Gasteiger partial charge on any atom is 0.341 e. The molecule has 0 unspecified atom stereocenters. The van der Waals surface area contributed by atoms with Gasteiger partial charge in [0.2, 0.25) is 10.0 Å². The summed E-state index contributed by atoms with van der Waals surface area (Å²) in [5.41, 5.74) is 3.32. The third-order valence-corrected chi connectivity index (χ3v) is 6.84. The van der Waals surface area contributed by atoms with Gasteiger partial charge in [0.1, 0.15) is 5.75 Å². The van der Waals surface area contributed by atoms with Crippen LogP contribution in [-0.2, 0) is 21.2 Å². The number of carboxylic acid groups (broad SMARTS) is 1. The number of ether oxygens (including phenoxy) is 1. The minimum Gasteiger partial charge on any atom is -0.481 e. The smallest absolute Gasteiger partial charge is 0.341 e. The normalized spacial score (nSPS) is 11.2. The molecule has 0 amide bonds. The minimum atomic E-state index is -3.68. The number of benzene rings is 4. The first kappa shape index (κ1) is 25.2. The average molecular weight is 502 g/mol. The zero-order valence-corrected chi connectivity index (χ0v) is 20.4. The van der Waals surface area contributed by atoms with Crippen molar-refractivity contribution in [1.82, 2.24) is 4.72 Å². The second-order valence-electron chi connectivity index (χ2n) is 8.26. The van der Waals surface area contributed by atoms with Crippen LogP contribution in [0.5, 0.6) is 5.75 Å². The van der Waals surface area contributed by atoms with Gasteiger partial charge in [-0.2, -0.15) is 0 Å². The molecule has 0 aliphatic carbocycles. The van der Waals surface area contributed by atoms with Crippen LogP contribution in [0, 0.1) is 0 Å². The summed E-state index contributed by atoms with van der Waals surface area (Å²) in [5.74, 6) is -0.524. The Morgan fingerprint density at radius 3 is 2.06 bits per heavy atom. The zero-order valence-electron chi connectivity index (χ0n) is 19.6. The summed E-state index contributed by atoms with van der Waals surface area (Å²) in [4.78, 5) is 10.9. The number of carboxylic acids is 1. The molecule has 2 N–H and O–H groups in total. The van der Waals surface area contributed by atoms with Crippen LogP contribution in [-0.4, -0.2) is 32.6 Å². The van der Waals surface area contributed by atoms with Crippen molar-refractivity contribution in [3.8, 4) is 5.75 Å². The molecular weight excluding hydrogens is 474 g/mol. The van der Waals surface area contributed by atoms with E-state index in [0.717, 1.165) is 27.5 Å². The van der Waals surface area contributed by atoms with Gasteiger partial charge in [0, 0.05) is 17.5 Å². The standard InChI is InChI=1S/C29H27NO5S/c31-29(32)20-35-28-18-8-16-25-22(14-7-17-26(25)28)15-9-19-30-36(33,34)21-27(23-10-3-1-4-11-23)24-12-5-2-6-13-24/h1-8,10-14,16-18,21,30H,9,15,19-20H2,(H,31,32). The molecule has 0 atom stereocenters. The molecule has 4 aromatic rings. The Kier molecular flexibility index (Phi) is 8.15. The van der Waals surface area contributed by atoms with Gasteiger partial charge in [-0.15, -0.1) is 0 Å². The summed E-state index contributed by atoms with van der Waals surface area (Å²) in [7, 11) is -3.68. The number of fused-ring (bicyclic) bond motifs is 1. The van der Waals surface area contributed by atoms with Crippen molar-refractivity contribution in [2.75, 3.05) is 13.2 Å². The van der Waals surface area contributed by atoms with Crippen LogP contribution in [0.15, 0.2) is 102 Å². The van der Waals surface area contributed by atoms with E-state index in [0.29, 0.717) is 24.2 Å². The van der Waals surface area contributed by atoms with Crippen LogP contribution in [0.4, 0.5) is 0 Å². The lowest BCUT2D eigenvalue weighted by Crippen LogP contribution is -2.23. The van der Waals surface area contributed by atoms with E-state index < -0.39 is 22.6 Å². The first-order valence-corrected chi connectivity index (χ1v) is 13.1. The van der Waals surface area contributed by atoms with Crippen LogP contribution < -0.4 is 9.46 Å². The van der Waals surface area contributed by atoms with Gasteiger partial charge in [0.15, 0.2) is 6.61 Å². The van der Waals surface area contributed by atoms with Gasteiger partial charge in [-0.25, -0.2) is 17.9 Å². The van der Waals surface area contributed by atoms with E-state index in [2.05, 4.69) is 4.72 Å². The van der Waals surface area contributed by atoms with Crippen molar-refractivity contribution in [3.63, 3.8) is 0 Å². The highest BCUT2D eigenvalue weighted by Crippen LogP contribution is 2.29. The van der Waals surface area contributed by atoms with Crippen molar-refractivity contribution >= 4 is 32.3 Å². The number of hydrogen-bond acceptors (Lipinski definition) is 4. The van der Waals surface area contributed by atoms with Gasteiger partial charge < -0.3 is 9.84 Å². The Morgan fingerprint density at radius 1 is 0.806 bits per heavy atom. The Hall–Kier alpha value is -3.94. The number of aryl methyl sites for hydroxylation is 1. The Labute approximate surface area is 210 Å². The molecule has 184 valence electrons. The highest BCUT2D eigenvalue weighted by atomic mass is 32.2. The number of rotatable bonds is 11. The molecule has 4 rings (SSSR count). The first-order chi connectivity index (χ1) is 17.4. The third-order valence-electron chi connectivity index (χ3n) is 5.69. The molecule has 0 heterocycles. The third kappa shape index (κ3) is 6.59. The van der Waals surface area contributed by atoms with E-state index in [4.69, 9.17) is 9.84 Å². The fourth-order valence-corrected chi connectivity index (χ4v) is 5.15. The molecule has 4 aromatic carbocycles. The molecule has 7 heteroatoms. The summed E-state index contributed by atoms with van der Waals surface area (Å²) in [6, 6.07) is 30.2. The van der Waals surface area contributed by atoms with Crippen molar-refractivity contribution in [2.24, 2.45) is 0 Å². The molecule has 0 aromatic heterocycles. The van der Waals surface area contributed by atoms with Crippen LogP contribution in [0.3, 0.4) is 0 Å². The molecule has 0 aliphatic heterocycles. The molecule has 0 spiro atoms. The van der Waals surface area contributed by atoms with Crippen LogP contribution in [0.25, 0.3) is 16.3 Å². The van der Waals surface area contributed by atoms with Crippen molar-refractivity contribution in [1.29, 1.82) is 0 Å². The highest BCUT2D eigenvalue weighted by molar-refractivity contribution is 7.92. The van der Waals surface area contributed by atoms with Gasteiger partial charge in [-0.3, -0.25) is 0 Å². The van der Waals surface area contributed by atoms with Gasteiger partial charge in [-0.05, 0) is 41.0 Å². The van der Waals surface area contributed by atoms with E-state index in [1.54, 1.807) is 6.07 Å². The zero-order chi connectivity index (χ0) is 25.4. The number of nitrogens with one attached hydrogen (secondary N) is 1. The second kappa shape index (κ2) is 11.7. The average Bonchev–Trinajstić information content (AvgIpc) is 2.89. The predicted octanol–water partition coefficient (Wildman–Crippen LogP) is 5.24. The number of sulfonamides is 1. The SMILES string of the molecule is O=C(O)COc1cccc2c(CCCNS(=O)(=O)C=C(c3ccccc3)c3ccccc3)cccc12. The van der Waals surface area contributed by atoms with E-state index in [1.165, 1.54) is 5.41 Å². The lowest BCUT2D eigenvalue weighted by Gasteiger charge is -2.12. The van der Waals surface area contributed by atoms with E-state index >= 15 is 0 Å². The van der Waals surface area contributed by atoms with Gasteiger partial charge in [-0.1, -0.05) is 91.0 Å². The maximum absolute atomic E-state index is 12.9. The molecular formula is C29H27NO5S. The fourth-order valence-electron chi connectivity index (χ4n) is 4.06. The van der Waals surface area contributed by atoms with Gasteiger partial charge >= 0.3 is 5.97 Å². The molecule has 0 bridgehead atoms. The second-order valence-corrected chi connectivity index (χ2v) is 9.87. The molecule has 0 radical (unpaired) electrons. The van der Waals surface area contributed by atoms with E-state index in [9.17, 15) is 13.2 Å². The molecule has 0 aliphatic rings. The van der Waals surface area contributed by atoms with Crippen molar-refractivity contribution in [2.45, 2.75) is 12.8 Å². The number of aliphatic carboxylic acids is 1. The predicted molar refractivity (Wildman–Crippen MR) is 142 cm³/mol. The largest absolute Gasteiger partial charge is 0.481 e. The van der Waals surface area contributed by atoms with Gasteiger partial charge in [0.25, 0.3) is 0 Å².